The molecule has 62 heavy (non-hydrogen) atoms. The lowest BCUT2D eigenvalue weighted by atomic mass is 10.0. The summed E-state index contributed by atoms with van der Waals surface area (Å²) in [6.45, 7) is 3.91. The van der Waals surface area contributed by atoms with E-state index in [-0.39, 0.29) is 29.2 Å². The minimum Gasteiger partial charge on any atom is -0.506 e. The predicted octanol–water partition coefficient (Wildman–Crippen LogP) is 7.55. The number of likely N-dealkylation sites (tertiary alicyclic amines) is 1. The molecule has 3 amide bonds. The summed E-state index contributed by atoms with van der Waals surface area (Å²) in [5, 5.41) is 20.4. The van der Waals surface area contributed by atoms with Gasteiger partial charge in [0.25, 0.3) is 0 Å². The molecule has 0 aliphatic carbocycles. The standard InChI is InChI=1S/C50H54N6O6/c1-55(48(60)27-31-56-29-25-41(26-30-56)62-50(61)53-44-13-6-5-12-42(44)38-10-3-2-4-11-38)40-18-14-36(15-19-40)34-52-46(58)22-16-35-8-7-9-37(32-35)33-51-28-24-39-17-21-45(57)49-43(39)20-23-47(59)54-49/h2-15,17-21,23,32,41,51,57H,16,22,24-31,33-34H2,1H3,(H,52,58)(H,53,61)(H,54,59). The number of carbonyl (C=O) groups is 3. The number of pyridine rings is 1. The van der Waals surface area contributed by atoms with Crippen LogP contribution in [0.3, 0.4) is 0 Å². The average molecular weight is 835 g/mol. The number of aryl methyl sites for hydroxylation is 1. The Balaban J connectivity index is 0.769. The fourth-order valence-electron chi connectivity index (χ4n) is 7.82. The van der Waals surface area contributed by atoms with E-state index < -0.39 is 6.09 Å². The molecule has 0 saturated carbocycles. The maximum Gasteiger partial charge on any atom is 0.411 e. The van der Waals surface area contributed by atoms with Crippen LogP contribution < -0.4 is 26.4 Å². The molecule has 1 aliphatic rings. The number of hydrogen-bond donors (Lipinski definition) is 5. The van der Waals surface area contributed by atoms with Crippen LogP contribution in [0.4, 0.5) is 16.2 Å². The van der Waals surface area contributed by atoms with Gasteiger partial charge < -0.3 is 35.3 Å². The highest BCUT2D eigenvalue weighted by atomic mass is 16.6. The van der Waals surface area contributed by atoms with Crippen LogP contribution in [0.15, 0.2) is 132 Å². The maximum absolute atomic E-state index is 13.1. The summed E-state index contributed by atoms with van der Waals surface area (Å²) >= 11 is 0. The van der Waals surface area contributed by atoms with Crippen LogP contribution in [-0.4, -0.2) is 72.2 Å². The van der Waals surface area contributed by atoms with Gasteiger partial charge in [0.2, 0.25) is 17.4 Å². The molecule has 6 aromatic rings. The summed E-state index contributed by atoms with van der Waals surface area (Å²) in [7, 11) is 1.78. The minimum atomic E-state index is -0.461. The normalized spacial score (nSPS) is 13.1. The van der Waals surface area contributed by atoms with Gasteiger partial charge in [0, 0.05) is 75.3 Å². The molecule has 5 N–H and O–H groups in total. The van der Waals surface area contributed by atoms with E-state index in [1.54, 1.807) is 24.1 Å². The lowest BCUT2D eigenvalue weighted by Crippen LogP contribution is -2.40. The molecule has 7 rings (SSSR count). The van der Waals surface area contributed by atoms with E-state index in [9.17, 15) is 24.3 Å². The van der Waals surface area contributed by atoms with Crippen LogP contribution in [0.2, 0.25) is 0 Å². The van der Waals surface area contributed by atoms with Crippen LogP contribution in [0.25, 0.3) is 22.0 Å². The zero-order chi connectivity index (χ0) is 43.3. The number of aromatic amines is 1. The number of aromatic nitrogens is 1. The van der Waals surface area contributed by atoms with Crippen LogP contribution in [0.1, 0.15) is 47.9 Å². The second-order valence-electron chi connectivity index (χ2n) is 15.7. The summed E-state index contributed by atoms with van der Waals surface area (Å²) < 4.78 is 5.78. The van der Waals surface area contributed by atoms with Gasteiger partial charge in [-0.05, 0) is 90.4 Å². The van der Waals surface area contributed by atoms with Crippen LogP contribution >= 0.6 is 0 Å². The van der Waals surface area contributed by atoms with Crippen molar-refractivity contribution < 1.29 is 24.2 Å². The monoisotopic (exact) mass is 834 g/mol. The number of nitrogens with zero attached hydrogens (tertiary/aromatic N) is 2. The Hall–Kier alpha value is -6.76. The van der Waals surface area contributed by atoms with Gasteiger partial charge in [0.05, 0.1) is 11.2 Å². The van der Waals surface area contributed by atoms with Crippen molar-refractivity contribution in [3.05, 3.63) is 160 Å². The summed E-state index contributed by atoms with van der Waals surface area (Å²) in [5.41, 5.74) is 7.85. The van der Waals surface area contributed by atoms with E-state index in [0.29, 0.717) is 69.5 Å². The third-order valence-electron chi connectivity index (χ3n) is 11.4. The first kappa shape index (κ1) is 43.3. The predicted molar refractivity (Wildman–Crippen MR) is 244 cm³/mol. The van der Waals surface area contributed by atoms with Crippen molar-refractivity contribution in [3.63, 3.8) is 0 Å². The molecular formula is C50H54N6O6. The first-order chi connectivity index (χ1) is 30.2. The number of H-pyrrole nitrogens is 1. The Kier molecular flexibility index (Phi) is 14.8. The van der Waals surface area contributed by atoms with Gasteiger partial charge in [0.15, 0.2) is 0 Å². The van der Waals surface area contributed by atoms with Crippen molar-refractivity contribution >= 4 is 40.2 Å². The average Bonchev–Trinajstić information content (AvgIpc) is 3.30. The van der Waals surface area contributed by atoms with Crippen molar-refractivity contribution in [2.24, 2.45) is 0 Å². The Morgan fingerprint density at radius 3 is 2.35 bits per heavy atom. The molecule has 1 aromatic heterocycles. The van der Waals surface area contributed by atoms with Crippen LogP contribution in [0.5, 0.6) is 5.75 Å². The fourth-order valence-corrected chi connectivity index (χ4v) is 7.82. The first-order valence-corrected chi connectivity index (χ1v) is 21.3. The Labute approximate surface area is 361 Å². The summed E-state index contributed by atoms with van der Waals surface area (Å²) in [6.07, 6.45) is 2.86. The summed E-state index contributed by atoms with van der Waals surface area (Å²) in [5.74, 6) is 0.0435. The van der Waals surface area contributed by atoms with E-state index >= 15 is 0 Å². The highest BCUT2D eigenvalue weighted by Crippen LogP contribution is 2.28. The third kappa shape index (κ3) is 12.0. The van der Waals surface area contributed by atoms with E-state index in [0.717, 1.165) is 64.0 Å². The minimum absolute atomic E-state index is 0.0168. The number of amides is 3. The van der Waals surface area contributed by atoms with Crippen molar-refractivity contribution in [2.75, 3.05) is 43.4 Å². The quantitative estimate of drug-likeness (QED) is 0.0591. The van der Waals surface area contributed by atoms with Gasteiger partial charge in [-0.3, -0.25) is 19.7 Å². The zero-order valence-electron chi connectivity index (χ0n) is 35.1. The number of nitrogens with one attached hydrogen (secondary N) is 4. The van der Waals surface area contributed by atoms with Gasteiger partial charge in [-0.15, -0.1) is 0 Å². The van der Waals surface area contributed by atoms with Gasteiger partial charge in [-0.1, -0.05) is 91.0 Å². The van der Waals surface area contributed by atoms with E-state index in [4.69, 9.17) is 4.74 Å². The smallest absolute Gasteiger partial charge is 0.411 e. The number of rotatable bonds is 17. The summed E-state index contributed by atoms with van der Waals surface area (Å²) in [6, 6.07) is 40.2. The second kappa shape index (κ2) is 21.2. The molecule has 12 heteroatoms. The van der Waals surface area contributed by atoms with Crippen molar-refractivity contribution in [2.45, 2.75) is 57.7 Å². The molecule has 1 fully saturated rings. The van der Waals surface area contributed by atoms with Crippen molar-refractivity contribution in [1.82, 2.24) is 20.5 Å². The molecule has 2 heterocycles. The number of fused-ring (bicyclic) bond motifs is 1. The number of anilines is 2. The highest BCUT2D eigenvalue weighted by Gasteiger charge is 2.24. The molecular weight excluding hydrogens is 781 g/mol. The lowest BCUT2D eigenvalue weighted by molar-refractivity contribution is -0.121. The third-order valence-corrected chi connectivity index (χ3v) is 11.4. The molecule has 0 radical (unpaired) electrons. The molecule has 12 nitrogen and oxygen atoms in total. The molecule has 320 valence electrons. The van der Waals surface area contributed by atoms with Crippen LogP contribution in [-0.2, 0) is 40.3 Å². The topological polar surface area (TPSA) is 156 Å². The first-order valence-electron chi connectivity index (χ1n) is 21.3. The van der Waals surface area contributed by atoms with E-state index in [1.165, 1.54) is 6.07 Å². The fraction of sp³-hybridized carbons (Fsp3) is 0.280. The summed E-state index contributed by atoms with van der Waals surface area (Å²) in [4.78, 5) is 57.0. The zero-order valence-corrected chi connectivity index (χ0v) is 35.1. The Morgan fingerprint density at radius 2 is 1.55 bits per heavy atom. The SMILES string of the molecule is CN(C(=O)CCN1CCC(OC(=O)Nc2ccccc2-c2ccccc2)CC1)c1ccc(CNC(=O)CCc2cccc(CNCCc3ccc(O)c4[nH]c(=O)ccc34)c2)cc1. The van der Waals surface area contributed by atoms with E-state index in [2.05, 4.69) is 38.0 Å². The largest absolute Gasteiger partial charge is 0.506 e. The number of phenols is 1. The molecule has 0 atom stereocenters. The highest BCUT2D eigenvalue weighted by molar-refractivity contribution is 5.93. The molecule has 0 bridgehead atoms. The Morgan fingerprint density at radius 1 is 0.790 bits per heavy atom. The number of benzene rings is 5. The number of para-hydroxylation sites is 1. The lowest BCUT2D eigenvalue weighted by Gasteiger charge is -2.31. The maximum atomic E-state index is 13.1. The van der Waals surface area contributed by atoms with Gasteiger partial charge in [-0.25, -0.2) is 4.79 Å². The van der Waals surface area contributed by atoms with Crippen molar-refractivity contribution in [3.8, 4) is 16.9 Å². The number of ether oxygens (including phenoxy) is 1. The van der Waals surface area contributed by atoms with Crippen molar-refractivity contribution in [1.29, 1.82) is 0 Å². The van der Waals surface area contributed by atoms with E-state index in [1.807, 2.05) is 97.1 Å². The Bertz CT molecular complexity index is 2520. The molecule has 0 spiro atoms. The number of piperidine rings is 1. The number of hydrogen-bond acceptors (Lipinski definition) is 8. The number of aromatic hydroxyl groups is 1. The molecule has 1 aliphatic heterocycles. The van der Waals surface area contributed by atoms with Crippen LogP contribution in [0, 0.1) is 0 Å². The van der Waals surface area contributed by atoms with Gasteiger partial charge in [0.1, 0.15) is 11.9 Å². The molecule has 0 unspecified atom stereocenters. The second-order valence-corrected chi connectivity index (χ2v) is 15.7. The van der Waals surface area contributed by atoms with Gasteiger partial charge in [-0.2, -0.15) is 0 Å². The molecule has 5 aromatic carbocycles. The van der Waals surface area contributed by atoms with Gasteiger partial charge >= 0.3 is 6.09 Å². The molecule has 1 saturated heterocycles. The number of phenolic OH excluding ortho intramolecular Hbond substituents is 1. The number of carbonyl (C=O) groups excluding carboxylic acids is 3.